The molecule has 2 aromatic carbocycles. The van der Waals surface area contributed by atoms with Gasteiger partial charge < -0.3 is 4.74 Å². The van der Waals surface area contributed by atoms with E-state index in [2.05, 4.69) is 11.9 Å². The summed E-state index contributed by atoms with van der Waals surface area (Å²) in [4.78, 5) is 4.41. The van der Waals surface area contributed by atoms with Crippen molar-refractivity contribution in [2.75, 3.05) is 6.61 Å². The minimum atomic E-state index is -4.66. The maximum Gasteiger partial charge on any atom is 0.417 e. The first-order chi connectivity index (χ1) is 14.9. The van der Waals surface area contributed by atoms with Gasteiger partial charge in [0.15, 0.2) is 0 Å². The molecule has 160 valence electrons. The molecule has 0 amide bonds. The Hall–Kier alpha value is -2.98. The van der Waals surface area contributed by atoms with Crippen molar-refractivity contribution in [1.29, 1.82) is 5.26 Å². The van der Waals surface area contributed by atoms with Gasteiger partial charge in [0.25, 0.3) is 0 Å². The van der Waals surface area contributed by atoms with Crippen molar-refractivity contribution in [2.45, 2.75) is 36.7 Å². The van der Waals surface area contributed by atoms with Gasteiger partial charge in [-0.15, -0.1) is 11.8 Å². The molecule has 0 aliphatic rings. The van der Waals surface area contributed by atoms with Crippen molar-refractivity contribution < 1.29 is 17.9 Å². The average molecular weight is 443 g/mol. The lowest BCUT2D eigenvalue weighted by Gasteiger charge is -2.14. The minimum absolute atomic E-state index is 0.0689. The molecule has 3 rings (SSSR count). The molecule has 31 heavy (non-hydrogen) atoms. The number of rotatable bonds is 8. The summed E-state index contributed by atoms with van der Waals surface area (Å²) in [7, 11) is 0. The fourth-order valence-electron chi connectivity index (χ4n) is 2.89. The third kappa shape index (κ3) is 6.02. The molecule has 0 bridgehead atoms. The first-order valence-electron chi connectivity index (χ1n) is 9.84. The van der Waals surface area contributed by atoms with Crippen LogP contribution >= 0.6 is 11.8 Å². The number of alkyl halides is 3. The van der Waals surface area contributed by atoms with Gasteiger partial charge in [0.2, 0.25) is 0 Å². The van der Waals surface area contributed by atoms with Gasteiger partial charge in [-0.05, 0) is 42.3 Å². The molecule has 0 radical (unpaired) electrons. The van der Waals surface area contributed by atoms with Gasteiger partial charge >= 0.3 is 6.18 Å². The van der Waals surface area contributed by atoms with E-state index >= 15 is 0 Å². The van der Waals surface area contributed by atoms with E-state index in [0.29, 0.717) is 23.7 Å². The van der Waals surface area contributed by atoms with Gasteiger partial charge in [-0.1, -0.05) is 43.7 Å². The molecule has 0 N–H and O–H groups in total. The van der Waals surface area contributed by atoms with E-state index in [1.165, 1.54) is 0 Å². The van der Waals surface area contributed by atoms with E-state index in [-0.39, 0.29) is 10.7 Å². The molecule has 0 unspecified atom stereocenters. The maximum atomic E-state index is 13.7. The summed E-state index contributed by atoms with van der Waals surface area (Å²) in [5.74, 6) is 1.06. The first kappa shape index (κ1) is 22.7. The number of hydrogen-bond acceptors (Lipinski definition) is 4. The van der Waals surface area contributed by atoms with E-state index in [1.54, 1.807) is 30.3 Å². The van der Waals surface area contributed by atoms with Crippen molar-refractivity contribution in [3.63, 3.8) is 0 Å². The van der Waals surface area contributed by atoms with E-state index in [4.69, 9.17) is 4.74 Å². The van der Waals surface area contributed by atoms with Crippen molar-refractivity contribution >= 4 is 11.8 Å². The normalized spacial score (nSPS) is 11.2. The molecule has 0 aliphatic carbocycles. The van der Waals surface area contributed by atoms with Crippen molar-refractivity contribution in [2.24, 2.45) is 0 Å². The van der Waals surface area contributed by atoms with Gasteiger partial charge in [-0.25, -0.2) is 4.98 Å². The predicted octanol–water partition coefficient (Wildman–Crippen LogP) is 7.11. The smallest absolute Gasteiger partial charge is 0.417 e. The second kappa shape index (κ2) is 10.4. The molecule has 0 saturated heterocycles. The fourth-order valence-corrected chi connectivity index (χ4v) is 3.85. The molecule has 1 aromatic heterocycles. The SMILES string of the molecule is CCCCOc1ccc(-c2cc(C(F)(F)F)c(C#N)c(SCc3ccccc3)n2)cc1. The van der Waals surface area contributed by atoms with Crippen molar-refractivity contribution in [3.05, 3.63) is 77.4 Å². The lowest BCUT2D eigenvalue weighted by atomic mass is 10.1. The monoisotopic (exact) mass is 442 g/mol. The van der Waals surface area contributed by atoms with Crippen LogP contribution in [0.15, 0.2) is 65.7 Å². The number of unbranched alkanes of at least 4 members (excludes halogenated alkanes) is 1. The molecule has 0 saturated carbocycles. The van der Waals surface area contributed by atoms with Gasteiger partial charge in [-0.2, -0.15) is 18.4 Å². The van der Waals surface area contributed by atoms with E-state index in [0.717, 1.165) is 36.2 Å². The van der Waals surface area contributed by atoms with Crippen molar-refractivity contribution in [3.8, 4) is 23.1 Å². The van der Waals surface area contributed by atoms with Gasteiger partial charge in [-0.3, -0.25) is 0 Å². The summed E-state index contributed by atoms with van der Waals surface area (Å²) in [6.07, 6.45) is -2.72. The highest BCUT2D eigenvalue weighted by molar-refractivity contribution is 7.98. The number of benzene rings is 2. The van der Waals surface area contributed by atoms with Crippen LogP contribution in [-0.4, -0.2) is 11.6 Å². The average Bonchev–Trinajstić information content (AvgIpc) is 2.78. The molecular weight excluding hydrogens is 421 g/mol. The second-order valence-corrected chi connectivity index (χ2v) is 7.81. The highest BCUT2D eigenvalue weighted by Crippen LogP contribution is 2.38. The number of nitrogens with zero attached hydrogens (tertiary/aromatic N) is 2. The minimum Gasteiger partial charge on any atom is -0.494 e. The van der Waals surface area contributed by atoms with Crippen LogP contribution in [0.5, 0.6) is 5.75 Å². The Morgan fingerprint density at radius 2 is 1.77 bits per heavy atom. The highest BCUT2D eigenvalue weighted by atomic mass is 32.2. The third-order valence-electron chi connectivity index (χ3n) is 4.54. The standard InChI is InChI=1S/C24H21F3N2OS/c1-2-3-13-30-19-11-9-18(10-12-19)22-14-21(24(25,26)27)20(15-28)23(29-22)31-16-17-7-5-4-6-8-17/h4-12,14H,2-3,13,16H2,1H3. The Morgan fingerprint density at radius 1 is 1.06 bits per heavy atom. The van der Waals surface area contributed by atoms with E-state index in [1.807, 2.05) is 30.3 Å². The van der Waals surface area contributed by atoms with Crippen LogP contribution in [0.1, 0.15) is 36.5 Å². The maximum absolute atomic E-state index is 13.7. The lowest BCUT2D eigenvalue weighted by Crippen LogP contribution is -2.10. The predicted molar refractivity (Wildman–Crippen MR) is 116 cm³/mol. The Labute approximate surface area is 183 Å². The molecule has 7 heteroatoms. The van der Waals surface area contributed by atoms with Gasteiger partial charge in [0, 0.05) is 11.3 Å². The van der Waals surface area contributed by atoms with Crippen LogP contribution in [0, 0.1) is 11.3 Å². The number of thioether (sulfide) groups is 1. The summed E-state index contributed by atoms with van der Waals surface area (Å²) in [5, 5.41) is 9.51. The second-order valence-electron chi connectivity index (χ2n) is 6.85. The zero-order valence-electron chi connectivity index (χ0n) is 16.9. The van der Waals surface area contributed by atoms with E-state index in [9.17, 15) is 18.4 Å². The topological polar surface area (TPSA) is 45.9 Å². The van der Waals surface area contributed by atoms with Crippen LogP contribution in [0.4, 0.5) is 13.2 Å². The Kier molecular flexibility index (Phi) is 7.59. The zero-order chi connectivity index (χ0) is 22.3. The Morgan fingerprint density at radius 3 is 2.39 bits per heavy atom. The van der Waals surface area contributed by atoms with Crippen LogP contribution in [-0.2, 0) is 11.9 Å². The van der Waals surface area contributed by atoms with Gasteiger partial charge in [0.05, 0.1) is 23.4 Å². The molecule has 1 heterocycles. The fraction of sp³-hybridized carbons (Fsp3) is 0.250. The molecule has 3 nitrogen and oxygen atoms in total. The molecule has 3 aromatic rings. The van der Waals surface area contributed by atoms with Gasteiger partial charge in [0.1, 0.15) is 16.8 Å². The number of hydrogen-bond donors (Lipinski definition) is 0. The highest BCUT2D eigenvalue weighted by Gasteiger charge is 2.36. The molecule has 0 aliphatic heterocycles. The van der Waals surface area contributed by atoms with Crippen molar-refractivity contribution in [1.82, 2.24) is 4.98 Å². The number of nitriles is 1. The number of ether oxygens (including phenoxy) is 1. The zero-order valence-corrected chi connectivity index (χ0v) is 17.8. The van der Waals surface area contributed by atoms with Crippen LogP contribution in [0.2, 0.25) is 0 Å². The number of halogens is 3. The van der Waals surface area contributed by atoms with Crippen LogP contribution < -0.4 is 4.74 Å². The molecule has 0 fully saturated rings. The summed E-state index contributed by atoms with van der Waals surface area (Å²) < 4.78 is 46.7. The lowest BCUT2D eigenvalue weighted by molar-refractivity contribution is -0.138. The Balaban J connectivity index is 1.95. The molecular formula is C24H21F3N2OS. The van der Waals surface area contributed by atoms with E-state index < -0.39 is 17.3 Å². The first-order valence-corrected chi connectivity index (χ1v) is 10.8. The summed E-state index contributed by atoms with van der Waals surface area (Å²) in [6, 6.07) is 18.8. The molecule has 0 atom stereocenters. The summed E-state index contributed by atoms with van der Waals surface area (Å²) >= 11 is 1.12. The molecule has 0 spiro atoms. The third-order valence-corrected chi connectivity index (χ3v) is 5.59. The van der Waals surface area contributed by atoms with Crippen LogP contribution in [0.25, 0.3) is 11.3 Å². The largest absolute Gasteiger partial charge is 0.494 e. The quantitative estimate of drug-likeness (QED) is 0.275. The number of pyridine rings is 1. The summed E-state index contributed by atoms with van der Waals surface area (Å²) in [5.41, 5.74) is 0.211. The Bertz CT molecular complexity index is 1050. The number of aromatic nitrogens is 1. The summed E-state index contributed by atoms with van der Waals surface area (Å²) in [6.45, 7) is 2.65. The van der Waals surface area contributed by atoms with Crippen LogP contribution in [0.3, 0.4) is 0 Å².